The molecule has 0 saturated carbocycles. The lowest BCUT2D eigenvalue weighted by atomic mass is 10.1. The molecule has 2 aromatic rings. The van der Waals surface area contributed by atoms with Gasteiger partial charge in [-0.1, -0.05) is 11.2 Å². The highest BCUT2D eigenvalue weighted by Crippen LogP contribution is 2.16. The molecule has 0 aliphatic carbocycles. The predicted molar refractivity (Wildman–Crippen MR) is 79.3 cm³/mol. The van der Waals surface area contributed by atoms with Crippen molar-refractivity contribution in [1.29, 1.82) is 0 Å². The SMILES string of the molecule is Cc1ccc(OCCNc2nnc(CN)o2)cc1C.Cl. The van der Waals surface area contributed by atoms with Crippen LogP contribution in [0.5, 0.6) is 5.75 Å². The molecule has 0 amide bonds. The second-order valence-corrected chi connectivity index (χ2v) is 4.23. The van der Waals surface area contributed by atoms with Gasteiger partial charge in [0.1, 0.15) is 12.4 Å². The second kappa shape index (κ2) is 7.72. The van der Waals surface area contributed by atoms with Gasteiger partial charge in [0.15, 0.2) is 0 Å². The molecule has 3 N–H and O–H groups in total. The lowest BCUT2D eigenvalue weighted by Gasteiger charge is -2.08. The maximum atomic E-state index is 5.62. The van der Waals surface area contributed by atoms with E-state index in [4.69, 9.17) is 14.9 Å². The number of benzene rings is 1. The number of anilines is 1. The Hall–Kier alpha value is -1.79. The molecular formula is C13H19ClN4O2. The number of nitrogens with two attached hydrogens (primary N) is 1. The van der Waals surface area contributed by atoms with Crippen molar-refractivity contribution in [1.82, 2.24) is 10.2 Å². The summed E-state index contributed by atoms with van der Waals surface area (Å²) in [7, 11) is 0. The summed E-state index contributed by atoms with van der Waals surface area (Å²) in [6.45, 7) is 5.48. The normalized spacial score (nSPS) is 9.95. The molecule has 0 radical (unpaired) electrons. The Labute approximate surface area is 124 Å². The summed E-state index contributed by atoms with van der Waals surface area (Å²) in [4.78, 5) is 0. The molecule has 1 aromatic carbocycles. The van der Waals surface area contributed by atoms with Crippen LogP contribution in [0.4, 0.5) is 6.01 Å². The Kier molecular flexibility index (Phi) is 6.27. The Bertz CT molecular complexity index is 545. The zero-order valence-electron chi connectivity index (χ0n) is 11.5. The van der Waals surface area contributed by atoms with Crippen molar-refractivity contribution in [3.8, 4) is 5.75 Å². The van der Waals surface area contributed by atoms with Crippen molar-refractivity contribution >= 4 is 18.4 Å². The van der Waals surface area contributed by atoms with Crippen LogP contribution in [0.25, 0.3) is 0 Å². The molecule has 1 aromatic heterocycles. The molecular weight excluding hydrogens is 280 g/mol. The van der Waals surface area contributed by atoms with Crippen molar-refractivity contribution < 1.29 is 9.15 Å². The number of nitrogens with one attached hydrogen (secondary N) is 1. The summed E-state index contributed by atoms with van der Waals surface area (Å²) in [5.74, 6) is 1.27. The van der Waals surface area contributed by atoms with Gasteiger partial charge in [-0.05, 0) is 37.1 Å². The fourth-order valence-electron chi connectivity index (χ4n) is 1.54. The molecule has 0 spiro atoms. The second-order valence-electron chi connectivity index (χ2n) is 4.23. The van der Waals surface area contributed by atoms with E-state index in [1.165, 1.54) is 11.1 Å². The van der Waals surface area contributed by atoms with Crippen molar-refractivity contribution in [2.45, 2.75) is 20.4 Å². The van der Waals surface area contributed by atoms with E-state index in [0.717, 1.165) is 5.75 Å². The van der Waals surface area contributed by atoms with Crippen molar-refractivity contribution in [3.63, 3.8) is 0 Å². The molecule has 0 unspecified atom stereocenters. The van der Waals surface area contributed by atoms with E-state index in [1.54, 1.807) is 0 Å². The molecule has 2 rings (SSSR count). The molecule has 0 aliphatic rings. The first-order valence-corrected chi connectivity index (χ1v) is 6.15. The average molecular weight is 299 g/mol. The maximum Gasteiger partial charge on any atom is 0.315 e. The molecule has 0 fully saturated rings. The molecule has 6 nitrogen and oxygen atoms in total. The number of hydrogen-bond donors (Lipinski definition) is 2. The summed E-state index contributed by atoms with van der Waals surface area (Å²) in [6, 6.07) is 6.39. The number of hydrogen-bond acceptors (Lipinski definition) is 6. The van der Waals surface area contributed by atoms with E-state index in [0.29, 0.717) is 25.1 Å². The van der Waals surface area contributed by atoms with Crippen LogP contribution in [0.2, 0.25) is 0 Å². The number of aryl methyl sites for hydroxylation is 2. The van der Waals surface area contributed by atoms with Crippen LogP contribution in [0.15, 0.2) is 22.6 Å². The third-order valence-electron chi connectivity index (χ3n) is 2.77. The zero-order valence-corrected chi connectivity index (χ0v) is 12.4. The number of nitrogens with zero attached hydrogens (tertiary/aromatic N) is 2. The van der Waals surface area contributed by atoms with Gasteiger partial charge in [0.2, 0.25) is 5.89 Å². The van der Waals surface area contributed by atoms with Gasteiger partial charge >= 0.3 is 6.01 Å². The minimum atomic E-state index is 0. The molecule has 0 atom stereocenters. The van der Waals surface area contributed by atoms with Gasteiger partial charge in [-0.3, -0.25) is 0 Å². The fraction of sp³-hybridized carbons (Fsp3) is 0.385. The van der Waals surface area contributed by atoms with Gasteiger partial charge in [-0.2, -0.15) is 0 Å². The van der Waals surface area contributed by atoms with E-state index >= 15 is 0 Å². The van der Waals surface area contributed by atoms with Gasteiger partial charge in [0.25, 0.3) is 0 Å². The summed E-state index contributed by atoms with van der Waals surface area (Å²) in [5, 5.41) is 10.5. The standard InChI is InChI=1S/C13H18N4O2.ClH/c1-9-3-4-11(7-10(9)2)18-6-5-15-13-17-16-12(8-14)19-13;/h3-4,7H,5-6,8,14H2,1-2H3,(H,15,17);1H. The Morgan fingerprint density at radius 2 is 2.05 bits per heavy atom. The lowest BCUT2D eigenvalue weighted by Crippen LogP contribution is -2.11. The zero-order chi connectivity index (χ0) is 13.7. The van der Waals surface area contributed by atoms with E-state index in [9.17, 15) is 0 Å². The molecule has 0 aliphatic heterocycles. The van der Waals surface area contributed by atoms with E-state index in [1.807, 2.05) is 18.2 Å². The van der Waals surface area contributed by atoms with E-state index < -0.39 is 0 Å². The summed E-state index contributed by atoms with van der Waals surface area (Å²) in [6.07, 6.45) is 0. The monoisotopic (exact) mass is 298 g/mol. The smallest absolute Gasteiger partial charge is 0.315 e. The van der Waals surface area contributed by atoms with Crippen molar-refractivity contribution in [3.05, 3.63) is 35.2 Å². The first-order chi connectivity index (χ1) is 9.19. The minimum Gasteiger partial charge on any atom is -0.492 e. The molecule has 1 heterocycles. The number of ether oxygens (including phenoxy) is 1. The highest BCUT2D eigenvalue weighted by Gasteiger charge is 2.03. The Morgan fingerprint density at radius 1 is 1.25 bits per heavy atom. The lowest BCUT2D eigenvalue weighted by molar-refractivity contribution is 0.331. The fourth-order valence-corrected chi connectivity index (χ4v) is 1.54. The van der Waals surface area contributed by atoms with Crippen LogP contribution < -0.4 is 15.8 Å². The third-order valence-corrected chi connectivity index (χ3v) is 2.77. The molecule has 0 saturated heterocycles. The first-order valence-electron chi connectivity index (χ1n) is 6.15. The van der Waals surface area contributed by atoms with Crippen molar-refractivity contribution in [2.75, 3.05) is 18.5 Å². The number of halogens is 1. The Balaban J connectivity index is 0.00000200. The Morgan fingerprint density at radius 3 is 2.70 bits per heavy atom. The van der Waals surface area contributed by atoms with Gasteiger partial charge in [-0.15, -0.1) is 17.5 Å². The average Bonchev–Trinajstić information content (AvgIpc) is 2.87. The van der Waals surface area contributed by atoms with Crippen LogP contribution in [0, 0.1) is 13.8 Å². The maximum absolute atomic E-state index is 5.62. The largest absolute Gasteiger partial charge is 0.492 e. The first kappa shape index (κ1) is 16.3. The molecule has 20 heavy (non-hydrogen) atoms. The van der Waals surface area contributed by atoms with Crippen LogP contribution in [0.1, 0.15) is 17.0 Å². The topological polar surface area (TPSA) is 86.2 Å². The van der Waals surface area contributed by atoms with Crippen molar-refractivity contribution in [2.24, 2.45) is 5.73 Å². The van der Waals surface area contributed by atoms with Gasteiger partial charge in [0.05, 0.1) is 13.1 Å². The number of aromatic nitrogens is 2. The van der Waals surface area contributed by atoms with Gasteiger partial charge in [0, 0.05) is 0 Å². The molecule has 7 heteroatoms. The summed E-state index contributed by atoms with van der Waals surface area (Å²) in [5.41, 5.74) is 7.84. The quantitative estimate of drug-likeness (QED) is 0.794. The highest BCUT2D eigenvalue weighted by atomic mass is 35.5. The van der Waals surface area contributed by atoms with Gasteiger partial charge < -0.3 is 20.2 Å². The van der Waals surface area contributed by atoms with Crippen LogP contribution in [0.3, 0.4) is 0 Å². The van der Waals surface area contributed by atoms with E-state index in [2.05, 4.69) is 29.4 Å². The molecule has 0 bridgehead atoms. The summed E-state index contributed by atoms with van der Waals surface area (Å²) < 4.78 is 10.8. The molecule has 110 valence electrons. The third kappa shape index (κ3) is 4.40. The summed E-state index contributed by atoms with van der Waals surface area (Å²) >= 11 is 0. The van der Waals surface area contributed by atoms with E-state index in [-0.39, 0.29) is 19.0 Å². The van der Waals surface area contributed by atoms with Crippen LogP contribution in [-0.4, -0.2) is 23.3 Å². The predicted octanol–water partition coefficient (Wildman–Crippen LogP) is 2.06. The van der Waals surface area contributed by atoms with Crippen LogP contribution in [-0.2, 0) is 6.54 Å². The highest BCUT2D eigenvalue weighted by molar-refractivity contribution is 5.85. The number of rotatable bonds is 6. The minimum absolute atomic E-state index is 0. The van der Waals surface area contributed by atoms with Crippen LogP contribution >= 0.6 is 12.4 Å². The van der Waals surface area contributed by atoms with Gasteiger partial charge in [-0.25, -0.2) is 0 Å².